The Morgan fingerprint density at radius 2 is 1.96 bits per heavy atom. The van der Waals surface area contributed by atoms with Crippen molar-refractivity contribution in [1.82, 2.24) is 9.88 Å². The summed E-state index contributed by atoms with van der Waals surface area (Å²) in [7, 11) is 0. The first-order chi connectivity index (χ1) is 12.3. The highest BCUT2D eigenvalue weighted by atomic mass is 32.1. The van der Waals surface area contributed by atoms with Crippen LogP contribution < -0.4 is 0 Å². The maximum absolute atomic E-state index is 13.0. The number of aromatic nitrogens is 1. The van der Waals surface area contributed by atoms with Crippen LogP contribution in [0, 0.1) is 11.8 Å². The summed E-state index contributed by atoms with van der Waals surface area (Å²) in [5, 5.41) is 10.0. The lowest BCUT2D eigenvalue weighted by molar-refractivity contribution is -0.188. The number of carboxylic acids is 1. The maximum atomic E-state index is 13.0. The minimum atomic E-state index is -4.49. The Balaban J connectivity index is 1.58. The van der Waals surface area contributed by atoms with E-state index in [2.05, 4.69) is 4.98 Å². The molecule has 1 aliphatic heterocycles. The lowest BCUT2D eigenvalue weighted by atomic mass is 9.96. The van der Waals surface area contributed by atoms with Crippen LogP contribution >= 0.6 is 11.3 Å². The first kappa shape index (κ1) is 18.8. The Labute approximate surface area is 153 Å². The van der Waals surface area contributed by atoms with E-state index in [0.717, 1.165) is 22.7 Å². The average molecular weight is 384 g/mol. The van der Waals surface area contributed by atoms with Crippen LogP contribution in [-0.2, 0) is 24.2 Å². The van der Waals surface area contributed by atoms with E-state index in [-0.39, 0.29) is 13.1 Å². The zero-order valence-electron chi connectivity index (χ0n) is 13.9. The Morgan fingerprint density at radius 3 is 2.58 bits per heavy atom. The van der Waals surface area contributed by atoms with Gasteiger partial charge in [0.1, 0.15) is 0 Å². The summed E-state index contributed by atoms with van der Waals surface area (Å²) in [5.41, 5.74) is 1.21. The van der Waals surface area contributed by atoms with Crippen molar-refractivity contribution in [2.24, 2.45) is 11.8 Å². The molecule has 0 spiro atoms. The number of carboxylic acid groups (broad SMARTS) is 1. The second-order valence-electron chi connectivity index (χ2n) is 6.49. The summed E-state index contributed by atoms with van der Waals surface area (Å²) in [4.78, 5) is 17.9. The molecule has 0 amide bonds. The zero-order chi connectivity index (χ0) is 18.7. The molecule has 2 aromatic rings. The minimum absolute atomic E-state index is 0.0865. The van der Waals surface area contributed by atoms with Crippen molar-refractivity contribution in [1.29, 1.82) is 0 Å². The van der Waals surface area contributed by atoms with E-state index >= 15 is 0 Å². The number of aliphatic carboxylic acids is 1. The Hall–Kier alpha value is -1.93. The molecule has 0 radical (unpaired) electrons. The maximum Gasteiger partial charge on any atom is 0.393 e. The number of halogens is 3. The second kappa shape index (κ2) is 7.75. The van der Waals surface area contributed by atoms with Crippen molar-refractivity contribution < 1.29 is 23.1 Å². The van der Waals surface area contributed by atoms with Gasteiger partial charge in [0.2, 0.25) is 0 Å². The van der Waals surface area contributed by atoms with E-state index in [0.29, 0.717) is 6.54 Å². The van der Waals surface area contributed by atoms with Gasteiger partial charge in [-0.25, -0.2) is 4.98 Å². The number of rotatable bonds is 6. The summed E-state index contributed by atoms with van der Waals surface area (Å²) in [6, 6.07) is 10.0. The van der Waals surface area contributed by atoms with Gasteiger partial charge in [0.05, 0.1) is 16.8 Å². The van der Waals surface area contributed by atoms with E-state index in [1.165, 1.54) is 16.9 Å². The molecule has 1 aliphatic rings. The van der Waals surface area contributed by atoms with Crippen molar-refractivity contribution in [3.63, 3.8) is 0 Å². The molecule has 3 rings (SSSR count). The van der Waals surface area contributed by atoms with Gasteiger partial charge in [-0.2, -0.15) is 13.2 Å². The Morgan fingerprint density at radius 1 is 1.23 bits per heavy atom. The van der Waals surface area contributed by atoms with Gasteiger partial charge in [-0.15, -0.1) is 11.3 Å². The third-order valence-electron chi connectivity index (χ3n) is 4.58. The van der Waals surface area contributed by atoms with Gasteiger partial charge in [-0.05, 0) is 12.0 Å². The van der Waals surface area contributed by atoms with Crippen LogP contribution in [0.25, 0.3) is 0 Å². The van der Waals surface area contributed by atoms with Crippen LogP contribution in [0.4, 0.5) is 13.2 Å². The molecule has 1 aromatic carbocycles. The second-order valence-corrected chi connectivity index (χ2v) is 7.69. The molecular weight excluding hydrogens is 365 g/mol. The van der Waals surface area contributed by atoms with E-state index in [1.807, 2.05) is 30.3 Å². The third kappa shape index (κ3) is 4.62. The molecule has 8 heteroatoms. The molecule has 0 saturated carbocycles. The number of aryl methyl sites for hydroxylation is 2. The highest BCUT2D eigenvalue weighted by molar-refractivity contribution is 7.11. The number of hydrogen-bond acceptors (Lipinski definition) is 4. The number of benzene rings is 1. The van der Waals surface area contributed by atoms with Crippen molar-refractivity contribution in [3.8, 4) is 0 Å². The molecule has 2 heterocycles. The molecule has 0 unspecified atom stereocenters. The lowest BCUT2D eigenvalue weighted by Gasteiger charge is -2.18. The molecule has 140 valence electrons. The van der Waals surface area contributed by atoms with Crippen molar-refractivity contribution in [2.45, 2.75) is 25.6 Å². The summed E-state index contributed by atoms with van der Waals surface area (Å²) in [5.74, 6) is -4.60. The van der Waals surface area contributed by atoms with E-state index in [1.54, 1.807) is 11.1 Å². The largest absolute Gasteiger partial charge is 0.481 e. The Kier molecular flexibility index (Phi) is 5.62. The molecule has 0 bridgehead atoms. The highest BCUT2D eigenvalue weighted by Crippen LogP contribution is 2.38. The predicted octanol–water partition coefficient (Wildman–Crippen LogP) is 3.62. The minimum Gasteiger partial charge on any atom is -0.481 e. The van der Waals surface area contributed by atoms with Gasteiger partial charge in [0, 0.05) is 37.1 Å². The topological polar surface area (TPSA) is 53.4 Å². The molecule has 26 heavy (non-hydrogen) atoms. The summed E-state index contributed by atoms with van der Waals surface area (Å²) in [6.07, 6.45) is -1.18. The third-order valence-corrected chi connectivity index (χ3v) is 5.63. The van der Waals surface area contributed by atoms with Gasteiger partial charge in [-0.3, -0.25) is 9.69 Å². The molecule has 0 aliphatic carbocycles. The zero-order valence-corrected chi connectivity index (χ0v) is 14.8. The van der Waals surface area contributed by atoms with Gasteiger partial charge in [0.25, 0.3) is 0 Å². The fourth-order valence-electron chi connectivity index (χ4n) is 3.25. The fourth-order valence-corrected chi connectivity index (χ4v) is 4.21. The first-order valence-electron chi connectivity index (χ1n) is 8.32. The van der Waals surface area contributed by atoms with Gasteiger partial charge < -0.3 is 5.11 Å². The SMILES string of the molecule is O=C(O)[C@@H]1CN(Cc2cnc(CCc3ccccc3)s2)C[C@H]1C(F)(F)F. The van der Waals surface area contributed by atoms with E-state index < -0.39 is 24.0 Å². The molecule has 1 aromatic heterocycles. The predicted molar refractivity (Wildman–Crippen MR) is 91.9 cm³/mol. The van der Waals surface area contributed by atoms with Gasteiger partial charge in [-0.1, -0.05) is 30.3 Å². The van der Waals surface area contributed by atoms with E-state index in [9.17, 15) is 18.0 Å². The standard InChI is InChI=1S/C18H19F3N2O2S/c19-18(20,21)15-11-23(10-14(15)17(24)25)9-13-8-22-16(26-13)7-6-12-4-2-1-3-5-12/h1-5,8,14-15H,6-7,9-11H2,(H,24,25)/t14-,15-/m1/s1. The number of likely N-dealkylation sites (tertiary alicyclic amines) is 1. The van der Waals surface area contributed by atoms with Crippen LogP contribution in [0.5, 0.6) is 0 Å². The molecular formula is C18H19F3N2O2S. The van der Waals surface area contributed by atoms with Crippen LogP contribution in [0.2, 0.25) is 0 Å². The summed E-state index contributed by atoms with van der Waals surface area (Å²) < 4.78 is 39.1. The van der Waals surface area contributed by atoms with Gasteiger partial charge >= 0.3 is 12.1 Å². The van der Waals surface area contributed by atoms with Gasteiger partial charge in [0.15, 0.2) is 0 Å². The number of thiazole rings is 1. The highest BCUT2D eigenvalue weighted by Gasteiger charge is 2.52. The first-order valence-corrected chi connectivity index (χ1v) is 9.14. The molecule has 1 fully saturated rings. The monoisotopic (exact) mass is 384 g/mol. The normalized spacial score (nSPS) is 21.2. The number of nitrogens with zero attached hydrogens (tertiary/aromatic N) is 2. The quantitative estimate of drug-likeness (QED) is 0.827. The van der Waals surface area contributed by atoms with Crippen molar-refractivity contribution in [3.05, 3.63) is 52.0 Å². The van der Waals surface area contributed by atoms with Crippen molar-refractivity contribution in [2.75, 3.05) is 13.1 Å². The number of hydrogen-bond donors (Lipinski definition) is 1. The lowest BCUT2D eigenvalue weighted by Crippen LogP contribution is -2.33. The number of carbonyl (C=O) groups is 1. The van der Waals surface area contributed by atoms with Crippen LogP contribution in [0.3, 0.4) is 0 Å². The smallest absolute Gasteiger partial charge is 0.393 e. The molecule has 1 N–H and O–H groups in total. The summed E-state index contributed by atoms with van der Waals surface area (Å²) >= 11 is 1.48. The van der Waals surface area contributed by atoms with E-state index in [4.69, 9.17) is 5.11 Å². The Bertz CT molecular complexity index is 748. The van der Waals surface area contributed by atoms with Crippen molar-refractivity contribution >= 4 is 17.3 Å². The molecule has 1 saturated heterocycles. The van der Waals surface area contributed by atoms with Crippen LogP contribution in [0.1, 0.15) is 15.4 Å². The summed E-state index contributed by atoms with van der Waals surface area (Å²) in [6.45, 7) is -0.0617. The van der Waals surface area contributed by atoms with Crippen LogP contribution in [0.15, 0.2) is 36.5 Å². The number of alkyl halides is 3. The average Bonchev–Trinajstić information content (AvgIpc) is 3.21. The molecule has 2 atom stereocenters. The molecule has 4 nitrogen and oxygen atoms in total. The fraction of sp³-hybridized carbons (Fsp3) is 0.444. The van der Waals surface area contributed by atoms with Crippen LogP contribution in [-0.4, -0.2) is 40.2 Å².